The van der Waals surface area contributed by atoms with Gasteiger partial charge in [-0.3, -0.25) is 4.79 Å². The lowest BCUT2D eigenvalue weighted by Crippen LogP contribution is -2.30. The molecule has 0 radical (unpaired) electrons. The molecule has 0 unspecified atom stereocenters. The summed E-state index contributed by atoms with van der Waals surface area (Å²) in [5.74, 6) is 0.791. The molecule has 1 heterocycles. The van der Waals surface area contributed by atoms with Gasteiger partial charge in [-0.1, -0.05) is 73.6 Å². The smallest absolute Gasteiger partial charge is 0.259 e. The average molecular weight is 406 g/mol. The summed E-state index contributed by atoms with van der Waals surface area (Å²) in [6, 6.07) is 12.1. The molecule has 0 atom stereocenters. The summed E-state index contributed by atoms with van der Waals surface area (Å²) in [4.78, 5) is 15.2. The van der Waals surface area contributed by atoms with Crippen LogP contribution in [0, 0.1) is 5.92 Å². The Bertz CT molecular complexity index is 965. The van der Waals surface area contributed by atoms with Gasteiger partial charge in [-0.15, -0.1) is 0 Å². The molecule has 3 nitrogen and oxygen atoms in total. The maximum atomic E-state index is 13.3. The zero-order valence-electron chi connectivity index (χ0n) is 19.6. The van der Waals surface area contributed by atoms with E-state index >= 15 is 0 Å². The van der Waals surface area contributed by atoms with Crippen molar-refractivity contribution in [2.24, 2.45) is 5.92 Å². The van der Waals surface area contributed by atoms with E-state index in [0.717, 1.165) is 33.5 Å². The predicted molar refractivity (Wildman–Crippen MR) is 127 cm³/mol. The fourth-order valence-electron chi connectivity index (χ4n) is 4.04. The number of carbonyl (C=O) groups is 1. The number of phenols is 1. The van der Waals surface area contributed by atoms with Crippen LogP contribution in [0.25, 0.3) is 11.6 Å². The first-order valence-corrected chi connectivity index (χ1v) is 10.8. The summed E-state index contributed by atoms with van der Waals surface area (Å²) < 4.78 is 0. The van der Waals surface area contributed by atoms with Gasteiger partial charge >= 0.3 is 0 Å². The zero-order valence-corrected chi connectivity index (χ0v) is 19.6. The van der Waals surface area contributed by atoms with Crippen molar-refractivity contribution in [2.45, 2.75) is 66.2 Å². The highest BCUT2D eigenvalue weighted by molar-refractivity contribution is 6.35. The Kier molecular flexibility index (Phi) is 5.62. The molecule has 0 aromatic heterocycles. The fraction of sp³-hybridized carbons (Fsp3) is 0.444. The van der Waals surface area contributed by atoms with E-state index in [4.69, 9.17) is 0 Å². The third kappa shape index (κ3) is 4.16. The third-order valence-electron chi connectivity index (χ3n) is 5.57. The number of hydrogen-bond acceptors (Lipinski definition) is 2. The number of carbonyl (C=O) groups excluding carboxylic acids is 1. The van der Waals surface area contributed by atoms with Gasteiger partial charge in [0, 0.05) is 28.8 Å². The van der Waals surface area contributed by atoms with Crippen LogP contribution in [-0.2, 0) is 15.6 Å². The maximum Gasteiger partial charge on any atom is 0.259 e. The summed E-state index contributed by atoms with van der Waals surface area (Å²) in [7, 11) is 0. The van der Waals surface area contributed by atoms with Crippen LogP contribution in [0.15, 0.2) is 36.4 Å². The number of fused-ring (bicyclic) bond motifs is 1. The average Bonchev–Trinajstić information content (AvgIpc) is 2.86. The van der Waals surface area contributed by atoms with Gasteiger partial charge < -0.3 is 10.0 Å². The molecule has 0 saturated heterocycles. The molecule has 0 fully saturated rings. The van der Waals surface area contributed by atoms with E-state index in [9.17, 15) is 9.90 Å². The number of nitrogens with zero attached hydrogens (tertiary/aromatic N) is 1. The highest BCUT2D eigenvalue weighted by atomic mass is 16.3. The summed E-state index contributed by atoms with van der Waals surface area (Å²) in [5, 5.41) is 11.0. The van der Waals surface area contributed by atoms with Crippen LogP contribution >= 0.6 is 0 Å². The first kappa shape index (κ1) is 22.1. The molecule has 2 aromatic rings. The number of rotatable bonds is 3. The van der Waals surface area contributed by atoms with Crippen LogP contribution in [0.3, 0.4) is 0 Å². The van der Waals surface area contributed by atoms with Crippen LogP contribution in [-0.4, -0.2) is 17.6 Å². The van der Waals surface area contributed by atoms with Gasteiger partial charge in [-0.25, -0.2) is 0 Å². The van der Waals surface area contributed by atoms with E-state index < -0.39 is 0 Å². The second kappa shape index (κ2) is 7.61. The Balaban J connectivity index is 2.21. The van der Waals surface area contributed by atoms with Crippen molar-refractivity contribution in [3.63, 3.8) is 0 Å². The molecule has 1 aliphatic rings. The van der Waals surface area contributed by atoms with Crippen molar-refractivity contribution in [3.8, 4) is 5.75 Å². The molecule has 1 N–H and O–H groups in total. The van der Waals surface area contributed by atoms with E-state index in [1.54, 1.807) is 0 Å². The number of amides is 1. The molecule has 30 heavy (non-hydrogen) atoms. The quantitative estimate of drug-likeness (QED) is 0.590. The Morgan fingerprint density at radius 3 is 2.00 bits per heavy atom. The second-order valence-corrected chi connectivity index (χ2v) is 10.8. The fourth-order valence-corrected chi connectivity index (χ4v) is 4.04. The van der Waals surface area contributed by atoms with Crippen molar-refractivity contribution in [1.82, 2.24) is 0 Å². The molecular weight excluding hydrogens is 370 g/mol. The van der Waals surface area contributed by atoms with Gasteiger partial charge in [0.2, 0.25) is 0 Å². The van der Waals surface area contributed by atoms with Crippen molar-refractivity contribution in [3.05, 3.63) is 58.7 Å². The van der Waals surface area contributed by atoms with E-state index in [-0.39, 0.29) is 16.7 Å². The van der Waals surface area contributed by atoms with Gasteiger partial charge in [-0.05, 0) is 46.6 Å². The molecule has 1 aliphatic heterocycles. The minimum Gasteiger partial charge on any atom is -0.507 e. The SMILES string of the molecule is CC(C)CN1C(=O)/C(=C\c2cc(C(C)(C)C)c(O)c(C(C)(C)C)c2)c2ccccc21. The Morgan fingerprint density at radius 1 is 0.967 bits per heavy atom. The molecule has 2 aromatic carbocycles. The van der Waals surface area contributed by atoms with Crippen LogP contribution in [0.4, 0.5) is 5.69 Å². The lowest BCUT2D eigenvalue weighted by Gasteiger charge is -2.28. The number of benzene rings is 2. The summed E-state index contributed by atoms with van der Waals surface area (Å²) >= 11 is 0. The molecule has 0 spiro atoms. The predicted octanol–water partition coefficient (Wildman–Crippen LogP) is 6.53. The van der Waals surface area contributed by atoms with Crippen molar-refractivity contribution in [2.75, 3.05) is 11.4 Å². The molecule has 1 amide bonds. The van der Waals surface area contributed by atoms with Crippen molar-refractivity contribution in [1.29, 1.82) is 0 Å². The largest absolute Gasteiger partial charge is 0.507 e. The number of para-hydroxylation sites is 1. The van der Waals surface area contributed by atoms with Gasteiger partial charge in [-0.2, -0.15) is 0 Å². The summed E-state index contributed by atoms with van der Waals surface area (Å²) in [6.07, 6.45) is 1.99. The van der Waals surface area contributed by atoms with Crippen LogP contribution in [0.1, 0.15) is 77.6 Å². The zero-order chi connectivity index (χ0) is 22.4. The monoisotopic (exact) mass is 405 g/mol. The van der Waals surface area contributed by atoms with Gasteiger partial charge in [0.05, 0.1) is 5.69 Å². The maximum absolute atomic E-state index is 13.3. The minimum atomic E-state index is -0.208. The number of anilines is 1. The van der Waals surface area contributed by atoms with E-state index in [0.29, 0.717) is 18.2 Å². The Labute approximate surface area is 181 Å². The molecule has 0 bridgehead atoms. The van der Waals surface area contributed by atoms with Crippen molar-refractivity contribution < 1.29 is 9.90 Å². The van der Waals surface area contributed by atoms with E-state index in [1.807, 2.05) is 47.4 Å². The molecule has 160 valence electrons. The first-order chi connectivity index (χ1) is 13.8. The van der Waals surface area contributed by atoms with Gasteiger partial charge in [0.1, 0.15) is 5.75 Å². The number of phenolic OH excluding ortho intramolecular Hbond substituents is 1. The van der Waals surface area contributed by atoms with E-state index in [1.165, 1.54) is 0 Å². The Hall–Kier alpha value is -2.55. The van der Waals surface area contributed by atoms with Gasteiger partial charge in [0.25, 0.3) is 5.91 Å². The topological polar surface area (TPSA) is 40.5 Å². The molecular formula is C27H35NO2. The van der Waals surface area contributed by atoms with Crippen LogP contribution in [0.2, 0.25) is 0 Å². The Morgan fingerprint density at radius 2 is 1.50 bits per heavy atom. The summed E-state index contributed by atoms with van der Waals surface area (Å²) in [6.45, 7) is 17.6. The molecule has 3 heteroatoms. The highest BCUT2D eigenvalue weighted by Crippen LogP contribution is 2.42. The minimum absolute atomic E-state index is 0.0487. The lowest BCUT2D eigenvalue weighted by atomic mass is 9.78. The first-order valence-electron chi connectivity index (χ1n) is 10.8. The van der Waals surface area contributed by atoms with Gasteiger partial charge in [0.15, 0.2) is 0 Å². The number of aromatic hydroxyl groups is 1. The molecule has 0 saturated carbocycles. The number of hydrogen-bond donors (Lipinski definition) is 1. The molecule has 0 aliphatic carbocycles. The van der Waals surface area contributed by atoms with Crippen LogP contribution in [0.5, 0.6) is 5.75 Å². The standard InChI is InChI=1S/C27H35NO2/c1-17(2)16-28-23-12-10-9-11-19(23)20(25(28)30)13-18-14-21(26(3,4)5)24(29)22(15-18)27(6,7)8/h9-15,17,29H,16H2,1-8H3/b20-13-. The molecule has 3 rings (SSSR count). The lowest BCUT2D eigenvalue weighted by molar-refractivity contribution is -0.113. The second-order valence-electron chi connectivity index (χ2n) is 10.8. The highest BCUT2D eigenvalue weighted by Gasteiger charge is 2.33. The third-order valence-corrected chi connectivity index (χ3v) is 5.57. The van der Waals surface area contributed by atoms with Crippen molar-refractivity contribution >= 4 is 23.2 Å². The normalized spacial score (nSPS) is 16.0. The van der Waals surface area contributed by atoms with E-state index in [2.05, 4.69) is 55.4 Å². The summed E-state index contributed by atoms with van der Waals surface area (Å²) in [5.41, 5.74) is 5.02. The van der Waals surface area contributed by atoms with Crippen LogP contribution < -0.4 is 4.90 Å².